The van der Waals surface area contributed by atoms with E-state index in [0.29, 0.717) is 5.69 Å². The fraction of sp³-hybridized carbons (Fsp3) is 0.333. The van der Waals surface area contributed by atoms with Crippen molar-refractivity contribution in [1.82, 2.24) is 0 Å². The monoisotopic (exact) mass is 332 g/mol. The Hall–Kier alpha value is -2.01. The number of para-hydroxylation sites is 1. The molecule has 4 nitrogen and oxygen atoms in total. The minimum Gasteiger partial charge on any atom is -0.372 e. The summed E-state index contributed by atoms with van der Waals surface area (Å²) in [5, 5.41) is 0. The molecule has 0 radical (unpaired) electrons. The van der Waals surface area contributed by atoms with Gasteiger partial charge >= 0.3 is 0 Å². The quantitative estimate of drug-likeness (QED) is 0.791. The van der Waals surface area contributed by atoms with Gasteiger partial charge < -0.3 is 4.90 Å². The lowest BCUT2D eigenvalue weighted by molar-refractivity contribution is 0.601. The molecule has 0 fully saturated rings. The number of sulfonamides is 1. The molecule has 0 atom stereocenters. The van der Waals surface area contributed by atoms with E-state index in [1.54, 1.807) is 36.4 Å². The number of nitrogens with zero attached hydrogens (tertiary/aromatic N) is 1. The van der Waals surface area contributed by atoms with Gasteiger partial charge in [0.25, 0.3) is 10.0 Å². The first kappa shape index (κ1) is 17.3. The molecule has 2 aromatic rings. The third-order valence-corrected chi connectivity index (χ3v) is 4.92. The molecule has 0 aromatic heterocycles. The Morgan fingerprint density at radius 1 is 0.870 bits per heavy atom. The van der Waals surface area contributed by atoms with Gasteiger partial charge in [0.1, 0.15) is 0 Å². The molecule has 124 valence electrons. The highest BCUT2D eigenvalue weighted by Crippen LogP contribution is 2.20. The zero-order valence-corrected chi connectivity index (χ0v) is 14.5. The van der Waals surface area contributed by atoms with Crippen LogP contribution in [0.3, 0.4) is 0 Å². The molecule has 5 heteroatoms. The van der Waals surface area contributed by atoms with E-state index in [1.165, 1.54) is 0 Å². The van der Waals surface area contributed by atoms with Gasteiger partial charge in [0.05, 0.1) is 4.90 Å². The fourth-order valence-electron chi connectivity index (χ4n) is 2.47. The smallest absolute Gasteiger partial charge is 0.261 e. The molecule has 0 bridgehead atoms. The summed E-state index contributed by atoms with van der Waals surface area (Å²) in [6.07, 6.45) is 2.13. The van der Waals surface area contributed by atoms with Gasteiger partial charge in [0.2, 0.25) is 0 Å². The van der Waals surface area contributed by atoms with E-state index in [1.807, 2.05) is 18.2 Å². The Balaban J connectivity index is 2.17. The van der Waals surface area contributed by atoms with Crippen molar-refractivity contribution in [1.29, 1.82) is 0 Å². The summed E-state index contributed by atoms with van der Waals surface area (Å²) in [6, 6.07) is 16.0. The van der Waals surface area contributed by atoms with Crippen LogP contribution in [0.5, 0.6) is 0 Å². The molecule has 0 aliphatic rings. The average Bonchev–Trinajstić information content (AvgIpc) is 2.55. The number of hydrogen-bond acceptors (Lipinski definition) is 3. The standard InChI is InChI=1S/C18H24N2O2S/c1-3-14-20(15-4-2)17-10-12-18(13-11-17)23(21,22)19-16-8-6-5-7-9-16/h5-13,19H,3-4,14-15H2,1-2H3. The normalized spacial score (nSPS) is 11.2. The summed E-state index contributed by atoms with van der Waals surface area (Å²) in [6.45, 7) is 6.24. The van der Waals surface area contributed by atoms with E-state index in [4.69, 9.17) is 0 Å². The van der Waals surface area contributed by atoms with Crippen LogP contribution in [0.1, 0.15) is 26.7 Å². The zero-order chi connectivity index (χ0) is 16.7. The van der Waals surface area contributed by atoms with E-state index in [9.17, 15) is 8.42 Å². The first-order valence-corrected chi connectivity index (χ1v) is 9.48. The van der Waals surface area contributed by atoms with Crippen molar-refractivity contribution in [3.8, 4) is 0 Å². The van der Waals surface area contributed by atoms with Crippen molar-refractivity contribution < 1.29 is 8.42 Å². The number of hydrogen-bond donors (Lipinski definition) is 1. The lowest BCUT2D eigenvalue weighted by Gasteiger charge is -2.24. The first-order chi connectivity index (χ1) is 11.1. The van der Waals surface area contributed by atoms with E-state index in [-0.39, 0.29) is 4.90 Å². The van der Waals surface area contributed by atoms with Gasteiger partial charge in [-0.05, 0) is 49.2 Å². The van der Waals surface area contributed by atoms with Gasteiger partial charge in [0.15, 0.2) is 0 Å². The Labute approximate surface area is 139 Å². The van der Waals surface area contributed by atoms with Crippen molar-refractivity contribution in [2.45, 2.75) is 31.6 Å². The molecule has 0 aliphatic carbocycles. The first-order valence-electron chi connectivity index (χ1n) is 7.99. The molecule has 0 unspecified atom stereocenters. The van der Waals surface area contributed by atoms with Gasteiger partial charge in [-0.15, -0.1) is 0 Å². The third kappa shape index (κ3) is 4.73. The van der Waals surface area contributed by atoms with Gasteiger partial charge in [-0.1, -0.05) is 32.0 Å². The van der Waals surface area contributed by atoms with Crippen LogP contribution in [-0.4, -0.2) is 21.5 Å². The lowest BCUT2D eigenvalue weighted by Crippen LogP contribution is -2.24. The van der Waals surface area contributed by atoms with Crippen molar-refractivity contribution in [3.05, 3.63) is 54.6 Å². The summed E-state index contributed by atoms with van der Waals surface area (Å²) in [5.41, 5.74) is 1.63. The molecule has 0 saturated heterocycles. The lowest BCUT2D eigenvalue weighted by atomic mass is 10.2. The highest BCUT2D eigenvalue weighted by molar-refractivity contribution is 7.92. The Bertz CT molecular complexity index is 692. The minimum atomic E-state index is -3.55. The van der Waals surface area contributed by atoms with E-state index in [2.05, 4.69) is 23.5 Å². The predicted molar refractivity (Wildman–Crippen MR) is 96.5 cm³/mol. The van der Waals surface area contributed by atoms with E-state index < -0.39 is 10.0 Å². The van der Waals surface area contributed by atoms with Crippen LogP contribution < -0.4 is 9.62 Å². The Kier molecular flexibility index (Phi) is 6.04. The number of anilines is 2. The van der Waals surface area contributed by atoms with Gasteiger partial charge in [-0.2, -0.15) is 0 Å². The van der Waals surface area contributed by atoms with Gasteiger partial charge in [-0.3, -0.25) is 4.72 Å². The highest BCUT2D eigenvalue weighted by Gasteiger charge is 2.14. The maximum absolute atomic E-state index is 12.4. The SMILES string of the molecule is CCCN(CCC)c1ccc(S(=O)(=O)Nc2ccccc2)cc1. The number of rotatable bonds is 8. The molecule has 2 aromatic carbocycles. The van der Waals surface area contributed by atoms with Crippen LogP contribution >= 0.6 is 0 Å². The second-order valence-corrected chi connectivity index (χ2v) is 7.13. The molecular weight excluding hydrogens is 308 g/mol. The number of benzene rings is 2. The van der Waals surface area contributed by atoms with Crippen LogP contribution in [0.2, 0.25) is 0 Å². The van der Waals surface area contributed by atoms with Crippen LogP contribution in [0, 0.1) is 0 Å². The summed E-state index contributed by atoms with van der Waals surface area (Å²) in [5.74, 6) is 0. The summed E-state index contributed by atoms with van der Waals surface area (Å²) < 4.78 is 27.4. The summed E-state index contributed by atoms with van der Waals surface area (Å²) in [4.78, 5) is 2.55. The maximum atomic E-state index is 12.4. The molecular formula is C18H24N2O2S. The molecule has 0 heterocycles. The van der Waals surface area contributed by atoms with Crippen molar-refractivity contribution in [2.24, 2.45) is 0 Å². The molecule has 0 amide bonds. The predicted octanol–water partition coefficient (Wildman–Crippen LogP) is 4.11. The average molecular weight is 332 g/mol. The second kappa shape index (κ2) is 8.02. The fourth-order valence-corrected chi connectivity index (χ4v) is 3.52. The highest BCUT2D eigenvalue weighted by atomic mass is 32.2. The number of nitrogens with one attached hydrogen (secondary N) is 1. The minimum absolute atomic E-state index is 0.276. The molecule has 23 heavy (non-hydrogen) atoms. The van der Waals surface area contributed by atoms with Crippen LogP contribution in [-0.2, 0) is 10.0 Å². The summed E-state index contributed by atoms with van der Waals surface area (Å²) >= 11 is 0. The molecule has 0 saturated carbocycles. The van der Waals surface area contributed by atoms with Crippen molar-refractivity contribution in [3.63, 3.8) is 0 Å². The topological polar surface area (TPSA) is 49.4 Å². The van der Waals surface area contributed by atoms with Gasteiger partial charge in [0, 0.05) is 24.5 Å². The summed E-state index contributed by atoms with van der Waals surface area (Å²) in [7, 11) is -3.55. The molecule has 2 rings (SSSR count). The van der Waals surface area contributed by atoms with E-state index >= 15 is 0 Å². The largest absolute Gasteiger partial charge is 0.372 e. The van der Waals surface area contributed by atoms with Crippen LogP contribution in [0.25, 0.3) is 0 Å². The maximum Gasteiger partial charge on any atom is 0.261 e. The zero-order valence-electron chi connectivity index (χ0n) is 13.7. The second-order valence-electron chi connectivity index (χ2n) is 5.45. The Morgan fingerprint density at radius 2 is 1.43 bits per heavy atom. The molecule has 1 N–H and O–H groups in total. The van der Waals surface area contributed by atoms with Crippen LogP contribution in [0.4, 0.5) is 11.4 Å². The molecule has 0 spiro atoms. The third-order valence-electron chi connectivity index (χ3n) is 3.53. The van der Waals surface area contributed by atoms with Gasteiger partial charge in [-0.25, -0.2) is 8.42 Å². The molecule has 0 aliphatic heterocycles. The van der Waals surface area contributed by atoms with Crippen molar-refractivity contribution >= 4 is 21.4 Å². The Morgan fingerprint density at radius 3 is 1.96 bits per heavy atom. The van der Waals surface area contributed by atoms with Crippen LogP contribution in [0.15, 0.2) is 59.5 Å². The van der Waals surface area contributed by atoms with E-state index in [0.717, 1.165) is 31.6 Å². The van der Waals surface area contributed by atoms with Crippen molar-refractivity contribution in [2.75, 3.05) is 22.7 Å².